The molecule has 35 heavy (non-hydrogen) atoms. The number of carbonyl (C=O) groups excluding carboxylic acids is 2. The number of nitrogens with zero attached hydrogens (tertiary/aromatic N) is 2. The molecule has 1 aromatic heterocycles. The number of H-pyrrole nitrogens is 1. The molecule has 0 radical (unpaired) electrons. The van der Waals surface area contributed by atoms with E-state index in [9.17, 15) is 18.0 Å². The number of rotatable bonds is 9. The summed E-state index contributed by atoms with van der Waals surface area (Å²) in [6, 6.07) is 21.0. The Morgan fingerprint density at radius 1 is 0.971 bits per heavy atom. The standard InChI is InChI=1S/C26H26N4O4S/c1-18(31)19-11-15-22(16-12-19)35(33,34)30(2)17-5-8-25(32)27-21-13-9-20(10-14-21)26-28-23-6-3-4-7-24(23)29-26/h3-4,6-7,9-16H,5,8,17H2,1-2H3,(H,27,32)(H,28,29). The minimum Gasteiger partial charge on any atom is -0.338 e. The van der Waals surface area contributed by atoms with Gasteiger partial charge in [-0.3, -0.25) is 9.59 Å². The van der Waals surface area contributed by atoms with Crippen LogP contribution in [0.2, 0.25) is 0 Å². The molecular formula is C26H26N4O4S. The molecule has 1 amide bonds. The lowest BCUT2D eigenvalue weighted by molar-refractivity contribution is -0.116. The minimum absolute atomic E-state index is 0.110. The highest BCUT2D eigenvalue weighted by atomic mass is 32.2. The third-order valence-corrected chi connectivity index (χ3v) is 7.55. The van der Waals surface area contributed by atoms with Gasteiger partial charge in [0.05, 0.1) is 15.9 Å². The van der Waals surface area contributed by atoms with E-state index >= 15 is 0 Å². The number of imidazole rings is 1. The quantitative estimate of drug-likeness (QED) is 0.336. The number of nitrogens with one attached hydrogen (secondary N) is 2. The van der Waals surface area contributed by atoms with E-state index in [1.807, 2.05) is 48.5 Å². The summed E-state index contributed by atoms with van der Waals surface area (Å²) in [5.41, 5.74) is 3.86. The number of amides is 1. The summed E-state index contributed by atoms with van der Waals surface area (Å²) in [5, 5.41) is 2.84. The number of carbonyl (C=O) groups is 2. The van der Waals surface area contributed by atoms with Crippen LogP contribution in [-0.2, 0) is 14.8 Å². The lowest BCUT2D eigenvalue weighted by Gasteiger charge is -2.17. The highest BCUT2D eigenvalue weighted by Gasteiger charge is 2.21. The molecule has 0 saturated heterocycles. The molecule has 0 saturated carbocycles. The van der Waals surface area contributed by atoms with Crippen LogP contribution < -0.4 is 5.32 Å². The largest absolute Gasteiger partial charge is 0.338 e. The molecular weight excluding hydrogens is 464 g/mol. The Bertz CT molecular complexity index is 1430. The lowest BCUT2D eigenvalue weighted by Crippen LogP contribution is -2.28. The van der Waals surface area contributed by atoms with Crippen LogP contribution in [0.25, 0.3) is 22.4 Å². The van der Waals surface area contributed by atoms with Gasteiger partial charge in [-0.1, -0.05) is 24.3 Å². The number of para-hydroxylation sites is 2. The number of hydrogen-bond acceptors (Lipinski definition) is 5. The first-order valence-corrected chi connectivity index (χ1v) is 12.6. The van der Waals surface area contributed by atoms with E-state index in [4.69, 9.17) is 0 Å². The van der Waals surface area contributed by atoms with Crippen LogP contribution in [0.4, 0.5) is 5.69 Å². The van der Waals surface area contributed by atoms with E-state index in [1.165, 1.54) is 42.5 Å². The van der Waals surface area contributed by atoms with Crippen molar-refractivity contribution in [3.8, 4) is 11.4 Å². The van der Waals surface area contributed by atoms with Gasteiger partial charge in [-0.15, -0.1) is 0 Å². The van der Waals surface area contributed by atoms with E-state index in [0.29, 0.717) is 17.7 Å². The molecule has 4 aromatic rings. The molecule has 180 valence electrons. The molecule has 9 heteroatoms. The molecule has 0 bridgehead atoms. The second-order valence-corrected chi connectivity index (χ2v) is 10.3. The number of anilines is 1. The number of Topliss-reactive ketones (excluding diaryl/α,β-unsaturated/α-hetero) is 1. The fraction of sp³-hybridized carbons (Fsp3) is 0.192. The maximum atomic E-state index is 12.7. The Hall–Kier alpha value is -3.82. The molecule has 0 aliphatic carbocycles. The second kappa shape index (κ2) is 10.2. The molecule has 3 aromatic carbocycles. The van der Waals surface area contributed by atoms with Gasteiger partial charge in [-0.25, -0.2) is 17.7 Å². The van der Waals surface area contributed by atoms with Crippen LogP contribution in [0.1, 0.15) is 30.1 Å². The highest BCUT2D eigenvalue weighted by Crippen LogP contribution is 2.22. The molecule has 4 rings (SSSR count). The van der Waals surface area contributed by atoms with Gasteiger partial charge < -0.3 is 10.3 Å². The van der Waals surface area contributed by atoms with Crippen molar-refractivity contribution in [2.75, 3.05) is 18.9 Å². The first-order valence-electron chi connectivity index (χ1n) is 11.2. The maximum Gasteiger partial charge on any atom is 0.242 e. The molecule has 0 unspecified atom stereocenters. The van der Waals surface area contributed by atoms with Crippen LogP contribution in [-0.4, -0.2) is 48.0 Å². The monoisotopic (exact) mass is 490 g/mol. The Morgan fingerprint density at radius 2 is 1.66 bits per heavy atom. The zero-order valence-electron chi connectivity index (χ0n) is 19.5. The van der Waals surface area contributed by atoms with Crippen molar-refractivity contribution < 1.29 is 18.0 Å². The van der Waals surface area contributed by atoms with Crippen molar-refractivity contribution in [3.63, 3.8) is 0 Å². The summed E-state index contributed by atoms with van der Waals surface area (Å²) in [5.74, 6) is 0.430. The zero-order chi connectivity index (χ0) is 25.0. The number of fused-ring (bicyclic) bond motifs is 1. The van der Waals surface area contributed by atoms with Crippen LogP contribution in [0.15, 0.2) is 77.7 Å². The van der Waals surface area contributed by atoms with Gasteiger partial charge in [-0.2, -0.15) is 0 Å². The number of benzene rings is 3. The highest BCUT2D eigenvalue weighted by molar-refractivity contribution is 7.89. The lowest BCUT2D eigenvalue weighted by atomic mass is 10.2. The smallest absolute Gasteiger partial charge is 0.242 e. The Balaban J connectivity index is 1.29. The Labute approximate surface area is 204 Å². The Kier molecular flexibility index (Phi) is 7.09. The van der Waals surface area contributed by atoms with Gasteiger partial charge in [0.15, 0.2) is 5.78 Å². The van der Waals surface area contributed by atoms with Gasteiger partial charge in [0.25, 0.3) is 0 Å². The average Bonchev–Trinajstić information content (AvgIpc) is 3.29. The van der Waals surface area contributed by atoms with Gasteiger partial charge >= 0.3 is 0 Å². The van der Waals surface area contributed by atoms with Gasteiger partial charge in [-0.05, 0) is 61.9 Å². The fourth-order valence-corrected chi connectivity index (χ4v) is 4.86. The summed E-state index contributed by atoms with van der Waals surface area (Å²) in [6.45, 7) is 1.62. The van der Waals surface area contributed by atoms with Gasteiger partial charge in [0, 0.05) is 36.8 Å². The molecule has 1 heterocycles. The summed E-state index contributed by atoms with van der Waals surface area (Å²) in [4.78, 5) is 31.7. The maximum absolute atomic E-state index is 12.7. The van der Waals surface area contributed by atoms with Crippen molar-refractivity contribution in [1.82, 2.24) is 14.3 Å². The minimum atomic E-state index is -3.70. The van der Waals surface area contributed by atoms with E-state index in [0.717, 1.165) is 22.4 Å². The first kappa shape index (κ1) is 24.3. The van der Waals surface area contributed by atoms with Crippen LogP contribution in [0, 0.1) is 0 Å². The summed E-state index contributed by atoms with van der Waals surface area (Å²) < 4.78 is 26.7. The molecule has 0 fully saturated rings. The first-order chi connectivity index (χ1) is 16.7. The molecule has 0 atom stereocenters. The second-order valence-electron chi connectivity index (χ2n) is 8.24. The number of aromatic amines is 1. The topological polar surface area (TPSA) is 112 Å². The molecule has 0 aliphatic heterocycles. The number of sulfonamides is 1. The van der Waals surface area contributed by atoms with Crippen molar-refractivity contribution in [3.05, 3.63) is 78.4 Å². The summed E-state index contributed by atoms with van der Waals surface area (Å²) >= 11 is 0. The zero-order valence-corrected chi connectivity index (χ0v) is 20.3. The third-order valence-electron chi connectivity index (χ3n) is 5.68. The van der Waals surface area contributed by atoms with Crippen LogP contribution in [0.5, 0.6) is 0 Å². The predicted molar refractivity (Wildman–Crippen MR) is 136 cm³/mol. The third kappa shape index (κ3) is 5.64. The van der Waals surface area contributed by atoms with E-state index in [1.54, 1.807) is 0 Å². The van der Waals surface area contributed by atoms with Crippen molar-refractivity contribution in [2.24, 2.45) is 0 Å². The van der Waals surface area contributed by atoms with Crippen LogP contribution >= 0.6 is 0 Å². The summed E-state index contributed by atoms with van der Waals surface area (Å²) in [7, 11) is -2.22. The number of aromatic nitrogens is 2. The number of ketones is 1. The fourth-order valence-electron chi connectivity index (χ4n) is 3.65. The van der Waals surface area contributed by atoms with E-state index < -0.39 is 10.0 Å². The van der Waals surface area contributed by atoms with E-state index in [2.05, 4.69) is 15.3 Å². The Morgan fingerprint density at radius 3 is 2.31 bits per heavy atom. The SMILES string of the molecule is CC(=O)c1ccc(S(=O)(=O)N(C)CCCC(=O)Nc2ccc(-c3nc4ccccc4[nH]3)cc2)cc1. The predicted octanol–water partition coefficient (Wildman–Crippen LogP) is 4.47. The summed E-state index contributed by atoms with van der Waals surface area (Å²) in [6.07, 6.45) is 0.540. The van der Waals surface area contributed by atoms with Crippen LogP contribution in [0.3, 0.4) is 0 Å². The van der Waals surface area contributed by atoms with E-state index in [-0.39, 0.29) is 29.6 Å². The molecule has 2 N–H and O–H groups in total. The normalized spacial score (nSPS) is 11.6. The van der Waals surface area contributed by atoms with Crippen molar-refractivity contribution >= 4 is 38.4 Å². The molecule has 0 aliphatic rings. The van der Waals surface area contributed by atoms with Gasteiger partial charge in [0.2, 0.25) is 15.9 Å². The molecule has 8 nitrogen and oxygen atoms in total. The van der Waals surface area contributed by atoms with Crippen molar-refractivity contribution in [2.45, 2.75) is 24.7 Å². The van der Waals surface area contributed by atoms with Gasteiger partial charge in [0.1, 0.15) is 5.82 Å². The van der Waals surface area contributed by atoms with Crippen molar-refractivity contribution in [1.29, 1.82) is 0 Å². The number of hydrogen-bond donors (Lipinski definition) is 2. The molecule has 0 spiro atoms. The average molecular weight is 491 g/mol.